The number of hydrogen-bond acceptors (Lipinski definition) is 4. The second-order valence-electron chi connectivity index (χ2n) is 5.04. The number of likely N-dealkylation sites (tertiary alicyclic amines) is 1. The lowest BCUT2D eigenvalue weighted by atomic mass is 9.96. The Labute approximate surface area is 112 Å². The van der Waals surface area contributed by atoms with Crippen molar-refractivity contribution >= 4 is 9.84 Å². The number of halogens is 3. The van der Waals surface area contributed by atoms with Crippen LogP contribution in [0.25, 0.3) is 0 Å². The standard InChI is InChI=1S/C11H21F3N2O2S/c1-19(17,18)9-5-15-4-8-16-6-2-10(3-7-16)11(12,13)14/h10,15H,2-9H2,1H3. The maximum Gasteiger partial charge on any atom is 0.391 e. The maximum absolute atomic E-state index is 12.4. The van der Waals surface area contributed by atoms with Gasteiger partial charge in [-0.3, -0.25) is 0 Å². The molecule has 1 aliphatic heterocycles. The zero-order chi connectivity index (χ0) is 14.5. The Morgan fingerprint density at radius 3 is 2.26 bits per heavy atom. The van der Waals surface area contributed by atoms with Crippen molar-refractivity contribution in [3.8, 4) is 0 Å². The molecule has 0 aromatic carbocycles. The molecule has 0 atom stereocenters. The van der Waals surface area contributed by atoms with E-state index in [1.165, 1.54) is 6.26 Å². The predicted octanol–water partition coefficient (Wildman–Crippen LogP) is 0.895. The van der Waals surface area contributed by atoms with Gasteiger partial charge in [0.15, 0.2) is 0 Å². The fraction of sp³-hybridized carbons (Fsp3) is 1.00. The van der Waals surface area contributed by atoms with Crippen LogP contribution in [0.3, 0.4) is 0 Å². The van der Waals surface area contributed by atoms with Gasteiger partial charge in [-0.05, 0) is 25.9 Å². The fourth-order valence-electron chi connectivity index (χ4n) is 2.10. The number of hydrogen-bond donors (Lipinski definition) is 1. The van der Waals surface area contributed by atoms with Crippen LogP contribution in [0.5, 0.6) is 0 Å². The van der Waals surface area contributed by atoms with Crippen LogP contribution < -0.4 is 5.32 Å². The maximum atomic E-state index is 12.4. The van der Waals surface area contributed by atoms with Crippen LogP contribution in [0.2, 0.25) is 0 Å². The first-order valence-electron chi connectivity index (χ1n) is 6.36. The molecule has 0 saturated carbocycles. The van der Waals surface area contributed by atoms with E-state index < -0.39 is 21.9 Å². The lowest BCUT2D eigenvalue weighted by molar-refractivity contribution is -0.184. The fourth-order valence-corrected chi connectivity index (χ4v) is 2.62. The summed E-state index contributed by atoms with van der Waals surface area (Å²) in [6.45, 7) is 2.56. The van der Waals surface area contributed by atoms with E-state index in [0.29, 0.717) is 32.7 Å². The molecule has 1 fully saturated rings. The van der Waals surface area contributed by atoms with E-state index in [4.69, 9.17) is 0 Å². The lowest BCUT2D eigenvalue weighted by Crippen LogP contribution is -2.42. The SMILES string of the molecule is CS(=O)(=O)CCNCCN1CCC(C(F)(F)F)CC1. The van der Waals surface area contributed by atoms with Gasteiger partial charge in [0.25, 0.3) is 0 Å². The molecule has 114 valence electrons. The number of alkyl halides is 3. The lowest BCUT2D eigenvalue weighted by Gasteiger charge is -2.32. The van der Waals surface area contributed by atoms with E-state index in [1.54, 1.807) is 0 Å². The van der Waals surface area contributed by atoms with E-state index in [1.807, 2.05) is 4.90 Å². The monoisotopic (exact) mass is 302 g/mol. The van der Waals surface area contributed by atoms with Gasteiger partial charge in [-0.2, -0.15) is 13.2 Å². The summed E-state index contributed by atoms with van der Waals surface area (Å²) in [7, 11) is -2.95. The molecule has 0 spiro atoms. The van der Waals surface area contributed by atoms with Crippen molar-refractivity contribution in [2.24, 2.45) is 5.92 Å². The van der Waals surface area contributed by atoms with Crippen LogP contribution in [-0.4, -0.2) is 64.2 Å². The van der Waals surface area contributed by atoms with Gasteiger partial charge in [-0.1, -0.05) is 0 Å². The largest absolute Gasteiger partial charge is 0.391 e. The molecular formula is C11H21F3N2O2S. The van der Waals surface area contributed by atoms with E-state index in [2.05, 4.69) is 5.32 Å². The van der Waals surface area contributed by atoms with Crippen LogP contribution in [0.15, 0.2) is 0 Å². The van der Waals surface area contributed by atoms with Crippen molar-refractivity contribution in [2.75, 3.05) is 44.7 Å². The van der Waals surface area contributed by atoms with Gasteiger partial charge in [0.2, 0.25) is 0 Å². The number of nitrogens with one attached hydrogen (secondary N) is 1. The molecular weight excluding hydrogens is 281 g/mol. The quantitative estimate of drug-likeness (QED) is 0.741. The van der Waals surface area contributed by atoms with Gasteiger partial charge in [-0.15, -0.1) is 0 Å². The van der Waals surface area contributed by atoms with Crippen LogP contribution in [0, 0.1) is 5.92 Å². The third-order valence-electron chi connectivity index (χ3n) is 3.30. The number of nitrogens with zero attached hydrogens (tertiary/aromatic N) is 1. The van der Waals surface area contributed by atoms with Crippen molar-refractivity contribution in [2.45, 2.75) is 19.0 Å². The van der Waals surface area contributed by atoms with Gasteiger partial charge in [-0.25, -0.2) is 8.42 Å². The molecule has 19 heavy (non-hydrogen) atoms. The van der Waals surface area contributed by atoms with Gasteiger partial charge < -0.3 is 10.2 Å². The van der Waals surface area contributed by atoms with Crippen molar-refractivity contribution < 1.29 is 21.6 Å². The van der Waals surface area contributed by atoms with Crippen molar-refractivity contribution in [3.05, 3.63) is 0 Å². The van der Waals surface area contributed by atoms with Gasteiger partial charge >= 0.3 is 6.18 Å². The van der Waals surface area contributed by atoms with Gasteiger partial charge in [0.1, 0.15) is 9.84 Å². The molecule has 1 rings (SSSR count). The summed E-state index contributed by atoms with van der Waals surface area (Å²) in [6.07, 6.45) is -2.57. The molecule has 0 unspecified atom stereocenters. The smallest absolute Gasteiger partial charge is 0.314 e. The van der Waals surface area contributed by atoms with Crippen molar-refractivity contribution in [3.63, 3.8) is 0 Å². The highest BCUT2D eigenvalue weighted by atomic mass is 32.2. The first-order valence-corrected chi connectivity index (χ1v) is 8.42. The third kappa shape index (κ3) is 7.12. The minimum Gasteiger partial charge on any atom is -0.314 e. The first-order chi connectivity index (χ1) is 8.68. The summed E-state index contributed by atoms with van der Waals surface area (Å²) < 4.78 is 59.1. The second kappa shape index (κ2) is 6.90. The topological polar surface area (TPSA) is 49.4 Å². The van der Waals surface area contributed by atoms with Gasteiger partial charge in [0.05, 0.1) is 11.7 Å². The Morgan fingerprint density at radius 2 is 1.79 bits per heavy atom. The zero-order valence-electron chi connectivity index (χ0n) is 11.0. The van der Waals surface area contributed by atoms with E-state index in [9.17, 15) is 21.6 Å². The Hall–Kier alpha value is -0.340. The summed E-state index contributed by atoms with van der Waals surface area (Å²) in [5.74, 6) is -1.08. The summed E-state index contributed by atoms with van der Waals surface area (Å²) in [6, 6.07) is 0. The molecule has 0 radical (unpaired) electrons. The van der Waals surface area contributed by atoms with Crippen LogP contribution >= 0.6 is 0 Å². The van der Waals surface area contributed by atoms with E-state index in [0.717, 1.165) is 0 Å². The minimum atomic E-state index is -4.07. The van der Waals surface area contributed by atoms with E-state index >= 15 is 0 Å². The Bertz CT molecular complexity index is 363. The molecule has 1 heterocycles. The molecule has 1 saturated heterocycles. The molecule has 1 aliphatic rings. The number of piperidine rings is 1. The van der Waals surface area contributed by atoms with Crippen LogP contribution in [0.4, 0.5) is 13.2 Å². The second-order valence-corrected chi connectivity index (χ2v) is 7.30. The molecule has 8 heteroatoms. The van der Waals surface area contributed by atoms with Crippen LogP contribution in [0.1, 0.15) is 12.8 Å². The average molecular weight is 302 g/mol. The molecule has 1 N–H and O–H groups in total. The summed E-state index contributed by atoms with van der Waals surface area (Å²) in [4.78, 5) is 1.98. The number of rotatable bonds is 6. The molecule has 0 bridgehead atoms. The molecule has 4 nitrogen and oxygen atoms in total. The highest BCUT2D eigenvalue weighted by Crippen LogP contribution is 2.33. The normalized spacial score (nSPS) is 19.8. The van der Waals surface area contributed by atoms with E-state index in [-0.39, 0.29) is 18.6 Å². The predicted molar refractivity (Wildman–Crippen MR) is 67.8 cm³/mol. The highest BCUT2D eigenvalue weighted by molar-refractivity contribution is 7.90. The Balaban J connectivity index is 2.10. The molecule has 0 amide bonds. The van der Waals surface area contributed by atoms with Gasteiger partial charge in [0, 0.05) is 25.9 Å². The molecule has 0 aromatic heterocycles. The first kappa shape index (κ1) is 16.7. The Kier molecular flexibility index (Phi) is 6.07. The van der Waals surface area contributed by atoms with Crippen molar-refractivity contribution in [1.29, 1.82) is 0 Å². The highest BCUT2D eigenvalue weighted by Gasteiger charge is 2.40. The summed E-state index contributed by atoms with van der Waals surface area (Å²) in [5.41, 5.74) is 0. The molecule has 0 aliphatic carbocycles. The molecule has 0 aromatic rings. The number of sulfone groups is 1. The third-order valence-corrected chi connectivity index (χ3v) is 4.25. The zero-order valence-corrected chi connectivity index (χ0v) is 11.9. The summed E-state index contributed by atoms with van der Waals surface area (Å²) in [5, 5.41) is 2.99. The minimum absolute atomic E-state index is 0.0865. The van der Waals surface area contributed by atoms with Crippen LogP contribution in [-0.2, 0) is 9.84 Å². The summed E-state index contributed by atoms with van der Waals surface area (Å²) >= 11 is 0. The average Bonchev–Trinajstić information content (AvgIpc) is 2.26. The van der Waals surface area contributed by atoms with Crippen molar-refractivity contribution in [1.82, 2.24) is 10.2 Å². The Morgan fingerprint density at radius 1 is 1.21 bits per heavy atom.